The van der Waals surface area contributed by atoms with Crippen molar-refractivity contribution in [2.24, 2.45) is 0 Å². The third-order valence-corrected chi connectivity index (χ3v) is 3.45. The lowest BCUT2D eigenvalue weighted by Crippen LogP contribution is -2.15. The van der Waals surface area contributed by atoms with Gasteiger partial charge in [-0.15, -0.1) is 0 Å². The van der Waals surface area contributed by atoms with E-state index < -0.39 is 0 Å². The number of aromatic amines is 1. The lowest BCUT2D eigenvalue weighted by atomic mass is 10.2. The van der Waals surface area contributed by atoms with Gasteiger partial charge in [0.2, 0.25) is 0 Å². The van der Waals surface area contributed by atoms with Crippen LogP contribution >= 0.6 is 0 Å². The normalized spacial score (nSPS) is 13.1. The molecule has 0 saturated heterocycles. The standard InChI is InChI=1S/C16H11N3O2/c17-9-11-2-1-3-12-15(11)19-16(18-12)10-4-5-13-14(8-10)21-7-6-20-13/h1-5,8H,6-7H2,(H,18,19). The van der Waals surface area contributed by atoms with Crippen LogP contribution < -0.4 is 9.47 Å². The van der Waals surface area contributed by atoms with Crippen molar-refractivity contribution in [1.29, 1.82) is 5.26 Å². The summed E-state index contributed by atoms with van der Waals surface area (Å²) in [6.45, 7) is 1.12. The SMILES string of the molecule is N#Cc1cccc2[nH]c(-c3ccc4c(c3)OCCO4)nc12. The predicted molar refractivity (Wildman–Crippen MR) is 77.2 cm³/mol. The third-order valence-electron chi connectivity index (χ3n) is 3.45. The number of benzene rings is 2. The number of H-pyrrole nitrogens is 1. The first-order chi connectivity index (χ1) is 10.3. The summed E-state index contributed by atoms with van der Waals surface area (Å²) in [5.74, 6) is 2.18. The van der Waals surface area contributed by atoms with E-state index in [0.29, 0.717) is 30.1 Å². The summed E-state index contributed by atoms with van der Waals surface area (Å²) < 4.78 is 11.1. The minimum atomic E-state index is 0.551. The van der Waals surface area contributed by atoms with Crippen LogP contribution in [0.3, 0.4) is 0 Å². The number of ether oxygens (including phenoxy) is 2. The van der Waals surface area contributed by atoms with Gasteiger partial charge in [0.05, 0.1) is 11.1 Å². The zero-order chi connectivity index (χ0) is 14.2. The van der Waals surface area contributed by atoms with Crippen molar-refractivity contribution in [2.45, 2.75) is 0 Å². The molecule has 0 amide bonds. The minimum Gasteiger partial charge on any atom is -0.486 e. The van der Waals surface area contributed by atoms with Crippen molar-refractivity contribution in [3.8, 4) is 29.0 Å². The molecule has 0 aliphatic carbocycles. The molecule has 2 heterocycles. The highest BCUT2D eigenvalue weighted by Crippen LogP contribution is 2.34. The van der Waals surface area contributed by atoms with Crippen molar-refractivity contribution in [2.75, 3.05) is 13.2 Å². The molecule has 1 N–H and O–H groups in total. The number of rotatable bonds is 1. The van der Waals surface area contributed by atoms with Crippen LogP contribution in [0.2, 0.25) is 0 Å². The zero-order valence-corrected chi connectivity index (χ0v) is 11.1. The number of nitrogens with zero attached hydrogens (tertiary/aromatic N) is 2. The van der Waals surface area contributed by atoms with Gasteiger partial charge in [0.15, 0.2) is 11.5 Å². The Labute approximate surface area is 120 Å². The van der Waals surface area contributed by atoms with E-state index in [1.54, 1.807) is 6.07 Å². The number of para-hydroxylation sites is 1. The average molecular weight is 277 g/mol. The van der Waals surface area contributed by atoms with E-state index in [9.17, 15) is 0 Å². The summed E-state index contributed by atoms with van der Waals surface area (Å²) in [6, 6.07) is 13.4. The number of fused-ring (bicyclic) bond motifs is 2. The summed E-state index contributed by atoms with van der Waals surface area (Å²) in [7, 11) is 0. The Hall–Kier alpha value is -3.00. The first-order valence-corrected chi connectivity index (χ1v) is 6.64. The van der Waals surface area contributed by atoms with Crippen LogP contribution in [0.15, 0.2) is 36.4 Å². The van der Waals surface area contributed by atoms with Crippen LogP contribution in [0.5, 0.6) is 11.5 Å². The smallest absolute Gasteiger partial charge is 0.162 e. The number of hydrogen-bond acceptors (Lipinski definition) is 4. The van der Waals surface area contributed by atoms with Gasteiger partial charge in [0.1, 0.15) is 30.6 Å². The van der Waals surface area contributed by atoms with Gasteiger partial charge in [0.25, 0.3) is 0 Å². The van der Waals surface area contributed by atoms with E-state index in [1.165, 1.54) is 0 Å². The lowest BCUT2D eigenvalue weighted by Gasteiger charge is -2.18. The maximum atomic E-state index is 9.13. The molecule has 1 aromatic heterocycles. The largest absolute Gasteiger partial charge is 0.486 e. The van der Waals surface area contributed by atoms with Crippen LogP contribution in [-0.4, -0.2) is 23.2 Å². The Balaban J connectivity index is 1.85. The fourth-order valence-electron chi connectivity index (χ4n) is 2.45. The molecule has 2 aromatic carbocycles. The van der Waals surface area contributed by atoms with Crippen LogP contribution in [0, 0.1) is 11.3 Å². The topological polar surface area (TPSA) is 70.9 Å². The molecule has 102 valence electrons. The highest BCUT2D eigenvalue weighted by atomic mass is 16.6. The quantitative estimate of drug-likeness (QED) is 0.742. The average Bonchev–Trinajstić information content (AvgIpc) is 2.98. The second-order valence-electron chi connectivity index (χ2n) is 4.76. The van der Waals surface area contributed by atoms with Crippen molar-refractivity contribution in [3.63, 3.8) is 0 Å². The van der Waals surface area contributed by atoms with Crippen molar-refractivity contribution in [1.82, 2.24) is 9.97 Å². The molecule has 4 rings (SSSR count). The van der Waals surface area contributed by atoms with E-state index in [-0.39, 0.29) is 0 Å². The minimum absolute atomic E-state index is 0.551. The Morgan fingerprint density at radius 2 is 1.95 bits per heavy atom. The van der Waals surface area contributed by atoms with Crippen molar-refractivity contribution >= 4 is 11.0 Å². The van der Waals surface area contributed by atoms with E-state index in [4.69, 9.17) is 14.7 Å². The molecule has 5 nitrogen and oxygen atoms in total. The first-order valence-electron chi connectivity index (χ1n) is 6.64. The summed E-state index contributed by atoms with van der Waals surface area (Å²) in [4.78, 5) is 7.76. The lowest BCUT2D eigenvalue weighted by molar-refractivity contribution is 0.171. The molecule has 3 aromatic rings. The summed E-state index contributed by atoms with van der Waals surface area (Å²) in [5.41, 5.74) is 3.00. The highest BCUT2D eigenvalue weighted by Gasteiger charge is 2.14. The Morgan fingerprint density at radius 1 is 1.10 bits per heavy atom. The fraction of sp³-hybridized carbons (Fsp3) is 0.125. The van der Waals surface area contributed by atoms with Crippen LogP contribution in [0.25, 0.3) is 22.4 Å². The number of nitrogens with one attached hydrogen (secondary N) is 1. The number of nitriles is 1. The van der Waals surface area contributed by atoms with Crippen molar-refractivity contribution < 1.29 is 9.47 Å². The van der Waals surface area contributed by atoms with E-state index in [2.05, 4.69) is 16.0 Å². The van der Waals surface area contributed by atoms with Gasteiger partial charge in [-0.3, -0.25) is 0 Å². The monoisotopic (exact) mass is 277 g/mol. The second kappa shape index (κ2) is 4.53. The summed E-state index contributed by atoms with van der Waals surface area (Å²) in [6.07, 6.45) is 0. The molecule has 5 heteroatoms. The van der Waals surface area contributed by atoms with Gasteiger partial charge in [0, 0.05) is 5.56 Å². The first kappa shape index (κ1) is 11.8. The molecule has 1 aliphatic heterocycles. The fourth-order valence-corrected chi connectivity index (χ4v) is 2.45. The van der Waals surface area contributed by atoms with Crippen LogP contribution in [0.4, 0.5) is 0 Å². The van der Waals surface area contributed by atoms with E-state index in [0.717, 1.165) is 22.6 Å². The molecule has 0 saturated carbocycles. The van der Waals surface area contributed by atoms with Gasteiger partial charge in [-0.05, 0) is 30.3 Å². The highest BCUT2D eigenvalue weighted by molar-refractivity contribution is 5.84. The molecule has 1 aliphatic rings. The van der Waals surface area contributed by atoms with E-state index in [1.807, 2.05) is 30.3 Å². The molecule has 0 spiro atoms. The van der Waals surface area contributed by atoms with Crippen LogP contribution in [-0.2, 0) is 0 Å². The van der Waals surface area contributed by atoms with Crippen LogP contribution in [0.1, 0.15) is 5.56 Å². The number of hydrogen-bond donors (Lipinski definition) is 1. The Kier molecular flexibility index (Phi) is 2.54. The summed E-state index contributed by atoms with van der Waals surface area (Å²) in [5, 5.41) is 9.13. The Morgan fingerprint density at radius 3 is 2.81 bits per heavy atom. The third kappa shape index (κ3) is 1.89. The molecule has 0 unspecified atom stereocenters. The van der Waals surface area contributed by atoms with Crippen molar-refractivity contribution in [3.05, 3.63) is 42.0 Å². The molecular formula is C16H11N3O2. The maximum absolute atomic E-state index is 9.13. The molecular weight excluding hydrogens is 266 g/mol. The molecule has 0 bridgehead atoms. The second-order valence-corrected chi connectivity index (χ2v) is 4.76. The van der Waals surface area contributed by atoms with Gasteiger partial charge in [-0.1, -0.05) is 6.07 Å². The van der Waals surface area contributed by atoms with Gasteiger partial charge >= 0.3 is 0 Å². The molecule has 0 atom stereocenters. The zero-order valence-electron chi connectivity index (χ0n) is 11.1. The number of aromatic nitrogens is 2. The Bertz CT molecular complexity index is 877. The molecule has 21 heavy (non-hydrogen) atoms. The maximum Gasteiger partial charge on any atom is 0.162 e. The van der Waals surface area contributed by atoms with Gasteiger partial charge in [-0.25, -0.2) is 4.98 Å². The van der Waals surface area contributed by atoms with Gasteiger partial charge < -0.3 is 14.5 Å². The number of imidazole rings is 1. The predicted octanol–water partition coefficient (Wildman–Crippen LogP) is 2.87. The molecule has 0 fully saturated rings. The van der Waals surface area contributed by atoms with Gasteiger partial charge in [-0.2, -0.15) is 5.26 Å². The molecule has 0 radical (unpaired) electrons. The van der Waals surface area contributed by atoms with E-state index >= 15 is 0 Å². The summed E-state index contributed by atoms with van der Waals surface area (Å²) >= 11 is 0.